The van der Waals surface area contributed by atoms with Crippen molar-refractivity contribution < 1.29 is 18.7 Å². The fourth-order valence-electron chi connectivity index (χ4n) is 3.98. The number of fused-ring (bicyclic) bond motifs is 1. The second kappa shape index (κ2) is 8.21. The molecule has 4 rings (SSSR count). The van der Waals surface area contributed by atoms with Crippen LogP contribution in [0.15, 0.2) is 42.6 Å². The molecule has 0 N–H and O–H groups in total. The van der Waals surface area contributed by atoms with E-state index in [1.54, 1.807) is 24.1 Å². The fourth-order valence-corrected chi connectivity index (χ4v) is 3.98. The number of carbonyl (C=O) groups excluding carboxylic acids is 1. The average Bonchev–Trinajstić information content (AvgIpc) is 3.15. The van der Waals surface area contributed by atoms with Gasteiger partial charge >= 0.3 is 6.09 Å². The number of likely N-dealkylation sites (tertiary alicyclic amines) is 1. The van der Waals surface area contributed by atoms with E-state index in [9.17, 15) is 9.18 Å². The van der Waals surface area contributed by atoms with Crippen LogP contribution in [0.3, 0.4) is 0 Å². The van der Waals surface area contributed by atoms with E-state index in [2.05, 4.69) is 0 Å². The topological polar surface area (TPSA) is 56.6 Å². The zero-order valence-corrected chi connectivity index (χ0v) is 18.4. The molecule has 0 spiro atoms. The van der Waals surface area contributed by atoms with Gasteiger partial charge in [-0.05, 0) is 63.4 Å². The van der Waals surface area contributed by atoms with E-state index in [0.717, 1.165) is 29.3 Å². The molecule has 6 nitrogen and oxygen atoms in total. The highest BCUT2D eigenvalue weighted by Crippen LogP contribution is 2.34. The van der Waals surface area contributed by atoms with Gasteiger partial charge in [-0.1, -0.05) is 12.1 Å². The number of hydrogen-bond donors (Lipinski definition) is 0. The second-order valence-corrected chi connectivity index (χ2v) is 8.90. The van der Waals surface area contributed by atoms with Gasteiger partial charge in [-0.2, -0.15) is 5.10 Å². The van der Waals surface area contributed by atoms with Gasteiger partial charge in [0.15, 0.2) is 0 Å². The normalized spacial score (nSPS) is 15.3. The number of ether oxygens (including phenoxy) is 2. The first-order chi connectivity index (χ1) is 14.7. The van der Waals surface area contributed by atoms with Crippen LogP contribution in [-0.4, -0.2) is 46.6 Å². The highest BCUT2D eigenvalue weighted by Gasteiger charge is 2.28. The monoisotopic (exact) mass is 425 g/mol. The smallest absolute Gasteiger partial charge is 0.410 e. The molecule has 31 heavy (non-hydrogen) atoms. The third-order valence-corrected chi connectivity index (χ3v) is 5.50. The van der Waals surface area contributed by atoms with Crippen LogP contribution in [0, 0.1) is 5.82 Å². The van der Waals surface area contributed by atoms with Crippen LogP contribution < -0.4 is 4.74 Å². The molecule has 1 fully saturated rings. The standard InChI is InChI=1S/C24H28FN3O3/c1-24(2,3)31-23(29)27-12-10-18(11-13-27)28-15-17-14-16(8-9-20(17)26-28)22-19(25)6-5-7-21(22)30-4/h5-9,14-15,18H,10-13H2,1-4H3. The van der Waals surface area contributed by atoms with Crippen molar-refractivity contribution in [2.45, 2.75) is 45.3 Å². The number of amides is 1. The molecule has 164 valence electrons. The van der Waals surface area contributed by atoms with Gasteiger partial charge in [0.2, 0.25) is 0 Å². The third-order valence-electron chi connectivity index (χ3n) is 5.50. The quantitative estimate of drug-likeness (QED) is 0.562. The van der Waals surface area contributed by atoms with Crippen molar-refractivity contribution in [3.8, 4) is 16.9 Å². The molecular formula is C24H28FN3O3. The molecule has 1 amide bonds. The zero-order chi connectivity index (χ0) is 22.2. The van der Waals surface area contributed by atoms with E-state index in [1.807, 2.05) is 49.8 Å². The molecule has 1 saturated heterocycles. The first-order valence-corrected chi connectivity index (χ1v) is 10.5. The van der Waals surface area contributed by atoms with E-state index in [0.29, 0.717) is 24.4 Å². The SMILES string of the molecule is COc1cccc(F)c1-c1ccc2nn(C3CCN(C(=O)OC(C)(C)C)CC3)cc2c1. The predicted molar refractivity (Wildman–Crippen MR) is 118 cm³/mol. The molecule has 1 aliphatic rings. The molecular weight excluding hydrogens is 397 g/mol. The number of aromatic nitrogens is 2. The van der Waals surface area contributed by atoms with Crippen LogP contribution in [0.4, 0.5) is 9.18 Å². The van der Waals surface area contributed by atoms with Gasteiger partial charge in [0, 0.05) is 24.7 Å². The lowest BCUT2D eigenvalue weighted by Crippen LogP contribution is -2.42. The summed E-state index contributed by atoms with van der Waals surface area (Å²) in [5, 5.41) is 5.66. The molecule has 1 aliphatic heterocycles. The largest absolute Gasteiger partial charge is 0.496 e. The van der Waals surface area contributed by atoms with Crippen LogP contribution in [0.2, 0.25) is 0 Å². The van der Waals surface area contributed by atoms with Crippen LogP contribution in [0.1, 0.15) is 39.7 Å². The summed E-state index contributed by atoms with van der Waals surface area (Å²) in [4.78, 5) is 14.0. The summed E-state index contributed by atoms with van der Waals surface area (Å²) in [7, 11) is 1.54. The van der Waals surface area contributed by atoms with Gasteiger partial charge < -0.3 is 14.4 Å². The number of piperidine rings is 1. The molecule has 0 atom stereocenters. The number of rotatable bonds is 3. The van der Waals surface area contributed by atoms with E-state index in [-0.39, 0.29) is 18.0 Å². The van der Waals surface area contributed by atoms with Gasteiger partial charge in [-0.15, -0.1) is 0 Å². The molecule has 2 aromatic carbocycles. The van der Waals surface area contributed by atoms with E-state index < -0.39 is 5.60 Å². The Labute approximate surface area is 181 Å². The molecule has 7 heteroatoms. The molecule has 1 aromatic heterocycles. The number of halogens is 1. The van der Waals surface area contributed by atoms with E-state index in [1.165, 1.54) is 6.07 Å². The zero-order valence-electron chi connectivity index (χ0n) is 18.4. The maximum Gasteiger partial charge on any atom is 0.410 e. The number of nitrogens with zero attached hydrogens (tertiary/aromatic N) is 3. The average molecular weight is 426 g/mol. The molecule has 0 bridgehead atoms. The number of carbonyl (C=O) groups is 1. The molecule has 0 unspecified atom stereocenters. The summed E-state index contributed by atoms with van der Waals surface area (Å²) >= 11 is 0. The van der Waals surface area contributed by atoms with Gasteiger partial charge in [-0.25, -0.2) is 9.18 Å². The first-order valence-electron chi connectivity index (χ1n) is 10.5. The Morgan fingerprint density at radius 1 is 1.16 bits per heavy atom. The second-order valence-electron chi connectivity index (χ2n) is 8.90. The lowest BCUT2D eigenvalue weighted by atomic mass is 10.0. The van der Waals surface area contributed by atoms with E-state index in [4.69, 9.17) is 14.6 Å². The third kappa shape index (κ3) is 4.50. The Morgan fingerprint density at radius 2 is 1.90 bits per heavy atom. The van der Waals surface area contributed by atoms with Crippen molar-refractivity contribution in [2.24, 2.45) is 0 Å². The summed E-state index contributed by atoms with van der Waals surface area (Å²) in [6.45, 7) is 6.88. The maximum atomic E-state index is 14.5. The van der Waals surface area contributed by atoms with Crippen molar-refractivity contribution in [3.05, 3.63) is 48.4 Å². The van der Waals surface area contributed by atoms with Crippen molar-refractivity contribution in [1.29, 1.82) is 0 Å². The van der Waals surface area contributed by atoms with Crippen LogP contribution in [-0.2, 0) is 4.74 Å². The summed E-state index contributed by atoms with van der Waals surface area (Å²) in [5.74, 6) is 0.182. The Hall–Kier alpha value is -3.09. The fraction of sp³-hybridized carbons (Fsp3) is 0.417. The van der Waals surface area contributed by atoms with Crippen LogP contribution >= 0.6 is 0 Å². The molecule has 3 aromatic rings. The number of hydrogen-bond acceptors (Lipinski definition) is 4. The van der Waals surface area contributed by atoms with Gasteiger partial charge in [0.25, 0.3) is 0 Å². The maximum absolute atomic E-state index is 14.5. The van der Waals surface area contributed by atoms with Crippen LogP contribution in [0.25, 0.3) is 22.0 Å². The summed E-state index contributed by atoms with van der Waals surface area (Å²) in [5.41, 5.74) is 1.56. The van der Waals surface area contributed by atoms with Crippen molar-refractivity contribution in [1.82, 2.24) is 14.7 Å². The summed E-state index contributed by atoms with van der Waals surface area (Å²) < 4.78 is 27.3. The van der Waals surface area contributed by atoms with Crippen LogP contribution in [0.5, 0.6) is 5.75 Å². The molecule has 2 heterocycles. The minimum Gasteiger partial charge on any atom is -0.496 e. The lowest BCUT2D eigenvalue weighted by Gasteiger charge is -2.33. The predicted octanol–water partition coefficient (Wildman–Crippen LogP) is 5.42. The highest BCUT2D eigenvalue weighted by molar-refractivity contribution is 5.85. The molecule has 0 radical (unpaired) electrons. The molecule has 0 saturated carbocycles. The van der Waals surface area contributed by atoms with E-state index >= 15 is 0 Å². The van der Waals surface area contributed by atoms with Gasteiger partial charge in [0.1, 0.15) is 17.2 Å². The number of methoxy groups -OCH3 is 1. The Kier molecular flexibility index (Phi) is 5.60. The lowest BCUT2D eigenvalue weighted by molar-refractivity contribution is 0.0185. The minimum atomic E-state index is -0.494. The summed E-state index contributed by atoms with van der Waals surface area (Å²) in [6, 6.07) is 10.7. The van der Waals surface area contributed by atoms with Crippen molar-refractivity contribution in [2.75, 3.05) is 20.2 Å². The minimum absolute atomic E-state index is 0.206. The number of benzene rings is 2. The van der Waals surface area contributed by atoms with Gasteiger partial charge in [0.05, 0.1) is 24.2 Å². The molecule has 0 aliphatic carbocycles. The van der Waals surface area contributed by atoms with Crippen molar-refractivity contribution >= 4 is 17.0 Å². The Morgan fingerprint density at radius 3 is 2.58 bits per heavy atom. The van der Waals surface area contributed by atoms with Crippen molar-refractivity contribution in [3.63, 3.8) is 0 Å². The highest BCUT2D eigenvalue weighted by atomic mass is 19.1. The van der Waals surface area contributed by atoms with Gasteiger partial charge in [-0.3, -0.25) is 4.68 Å². The Bertz CT molecular complexity index is 1100. The summed E-state index contributed by atoms with van der Waals surface area (Å²) in [6.07, 6.45) is 3.35. The Balaban J connectivity index is 1.52. The first kappa shape index (κ1) is 21.2.